The molecule has 184 valence electrons. The highest BCUT2D eigenvalue weighted by Crippen LogP contribution is 2.26. The Hall–Kier alpha value is -4.09. The van der Waals surface area contributed by atoms with Crippen molar-refractivity contribution in [1.82, 2.24) is 10.2 Å². The first kappa shape index (κ1) is 27.2. The summed E-state index contributed by atoms with van der Waals surface area (Å²) in [6.45, 7) is 9.81. The monoisotopic (exact) mass is 477 g/mol. The number of amides is 3. The van der Waals surface area contributed by atoms with Gasteiger partial charge in [0.25, 0.3) is 11.8 Å². The van der Waals surface area contributed by atoms with Crippen LogP contribution in [0.2, 0.25) is 0 Å². The molecule has 2 aromatic rings. The second-order valence-electron chi connectivity index (χ2n) is 8.80. The van der Waals surface area contributed by atoms with Crippen LogP contribution >= 0.6 is 0 Å². The molecule has 8 heteroatoms. The van der Waals surface area contributed by atoms with E-state index in [4.69, 9.17) is 11.2 Å². The Kier molecular flexibility index (Phi) is 9.20. The Labute approximate surface area is 206 Å². The van der Waals surface area contributed by atoms with Gasteiger partial charge in [-0.3, -0.25) is 14.5 Å². The molecular formula is C27H31N3O5. The Bertz CT molecular complexity index is 1130. The number of terminal acetylenes is 1. The molecule has 0 saturated carbocycles. The van der Waals surface area contributed by atoms with Crippen molar-refractivity contribution in [2.24, 2.45) is 0 Å². The predicted molar refractivity (Wildman–Crippen MR) is 135 cm³/mol. The molecule has 0 aliphatic rings. The molecule has 3 amide bonds. The van der Waals surface area contributed by atoms with Crippen molar-refractivity contribution in [3.63, 3.8) is 0 Å². The first-order valence-electron chi connectivity index (χ1n) is 11.0. The number of hydrogen-bond acceptors (Lipinski definition) is 5. The van der Waals surface area contributed by atoms with Gasteiger partial charge in [0.05, 0.1) is 6.61 Å². The van der Waals surface area contributed by atoms with Gasteiger partial charge in [0.2, 0.25) is 0 Å². The third-order valence-corrected chi connectivity index (χ3v) is 4.92. The maximum Gasteiger partial charge on any atom is 0.408 e. The lowest BCUT2D eigenvalue weighted by Crippen LogP contribution is -2.52. The zero-order valence-electron chi connectivity index (χ0n) is 20.4. The first-order valence-corrected chi connectivity index (χ1v) is 11.0. The molecule has 0 spiro atoms. The number of carbonyl (C=O) groups excluding carboxylic acids is 3. The summed E-state index contributed by atoms with van der Waals surface area (Å²) in [6, 6.07) is 13.6. The summed E-state index contributed by atoms with van der Waals surface area (Å²) < 4.78 is 5.17. The number of para-hydroxylation sites is 1. The van der Waals surface area contributed by atoms with Gasteiger partial charge in [-0.05, 0) is 56.5 Å². The molecule has 2 aromatic carbocycles. The van der Waals surface area contributed by atoms with Gasteiger partial charge >= 0.3 is 6.09 Å². The number of anilines is 1. The molecule has 2 unspecified atom stereocenters. The van der Waals surface area contributed by atoms with Gasteiger partial charge in [0.1, 0.15) is 17.7 Å². The van der Waals surface area contributed by atoms with Gasteiger partial charge in [-0.1, -0.05) is 55.5 Å². The standard InChI is InChI=1S/C27H31N3O5/c1-7-19-13-11-14-20(16-19)23(24(32)28-21-15-10-9-12-18(21)3)30(8-2)25(33)22(17-31)29-26(34)35-27(4,5)6/h2,7,9-16,22-23,31H,1,17H2,3-6H3,(H,28,32)(H,29,34). The Balaban J connectivity index is 2.45. The smallest absolute Gasteiger partial charge is 0.408 e. The Morgan fingerprint density at radius 1 is 1.20 bits per heavy atom. The summed E-state index contributed by atoms with van der Waals surface area (Å²) in [7, 11) is 0. The topological polar surface area (TPSA) is 108 Å². The second kappa shape index (κ2) is 11.9. The minimum absolute atomic E-state index is 0.425. The third-order valence-electron chi connectivity index (χ3n) is 4.92. The van der Waals surface area contributed by atoms with E-state index in [1.807, 2.05) is 19.1 Å². The summed E-state index contributed by atoms with van der Waals surface area (Å²) in [4.78, 5) is 39.9. The summed E-state index contributed by atoms with van der Waals surface area (Å²) in [6.07, 6.45) is 6.39. The molecule has 0 aromatic heterocycles. The highest BCUT2D eigenvalue weighted by Gasteiger charge is 2.36. The molecule has 2 rings (SSSR count). The van der Waals surface area contributed by atoms with Gasteiger partial charge in [-0.15, -0.1) is 0 Å². The van der Waals surface area contributed by atoms with Gasteiger partial charge in [0.15, 0.2) is 0 Å². The van der Waals surface area contributed by atoms with Crippen LogP contribution in [0.25, 0.3) is 6.08 Å². The molecule has 35 heavy (non-hydrogen) atoms. The molecule has 3 N–H and O–H groups in total. The average molecular weight is 478 g/mol. The van der Waals surface area contributed by atoms with Crippen LogP contribution < -0.4 is 10.6 Å². The molecule has 0 heterocycles. The molecule has 8 nitrogen and oxygen atoms in total. The third kappa shape index (κ3) is 7.45. The lowest BCUT2D eigenvalue weighted by Gasteiger charge is -2.30. The molecular weight excluding hydrogens is 446 g/mol. The lowest BCUT2D eigenvalue weighted by molar-refractivity contribution is -0.137. The van der Waals surface area contributed by atoms with Crippen LogP contribution in [0, 0.1) is 19.4 Å². The zero-order chi connectivity index (χ0) is 26.2. The first-order chi connectivity index (χ1) is 16.5. The van der Waals surface area contributed by atoms with Crippen molar-refractivity contribution in [2.45, 2.75) is 45.4 Å². The number of aliphatic hydroxyl groups is 1. The number of carbonyl (C=O) groups is 3. The lowest BCUT2D eigenvalue weighted by atomic mass is 10.0. The van der Waals surface area contributed by atoms with Crippen molar-refractivity contribution in [3.05, 3.63) is 71.8 Å². The summed E-state index contributed by atoms with van der Waals surface area (Å²) in [5.41, 5.74) is 1.69. The van der Waals surface area contributed by atoms with Crippen molar-refractivity contribution in [1.29, 1.82) is 0 Å². The molecule has 0 radical (unpaired) electrons. The highest BCUT2D eigenvalue weighted by atomic mass is 16.6. The summed E-state index contributed by atoms with van der Waals surface area (Å²) in [5, 5.41) is 15.0. The number of rotatable bonds is 8. The van der Waals surface area contributed by atoms with Crippen LogP contribution in [0.15, 0.2) is 55.1 Å². The number of hydrogen-bond donors (Lipinski definition) is 3. The van der Waals surface area contributed by atoms with Gasteiger partial charge in [-0.25, -0.2) is 4.79 Å². The average Bonchev–Trinajstić information content (AvgIpc) is 2.80. The minimum Gasteiger partial charge on any atom is -0.444 e. The van der Waals surface area contributed by atoms with Crippen LogP contribution in [0.3, 0.4) is 0 Å². The van der Waals surface area contributed by atoms with Crippen LogP contribution in [-0.4, -0.2) is 46.2 Å². The van der Waals surface area contributed by atoms with E-state index >= 15 is 0 Å². The van der Waals surface area contributed by atoms with Crippen molar-refractivity contribution >= 4 is 29.7 Å². The van der Waals surface area contributed by atoms with Crippen molar-refractivity contribution < 1.29 is 24.2 Å². The van der Waals surface area contributed by atoms with Gasteiger partial charge in [0, 0.05) is 11.7 Å². The van der Waals surface area contributed by atoms with Crippen LogP contribution in [0.5, 0.6) is 0 Å². The van der Waals surface area contributed by atoms with Crippen LogP contribution in [0.4, 0.5) is 10.5 Å². The number of nitrogens with zero attached hydrogens (tertiary/aromatic N) is 1. The quantitative estimate of drug-likeness (QED) is 0.398. The van der Waals surface area contributed by atoms with E-state index in [1.165, 1.54) is 0 Å². The van der Waals surface area contributed by atoms with Gasteiger partial charge < -0.3 is 20.5 Å². The molecule has 0 fully saturated rings. The van der Waals surface area contributed by atoms with Crippen LogP contribution in [0.1, 0.15) is 43.5 Å². The second-order valence-corrected chi connectivity index (χ2v) is 8.80. The predicted octanol–water partition coefficient (Wildman–Crippen LogP) is 3.62. The Morgan fingerprint density at radius 3 is 2.46 bits per heavy atom. The number of benzene rings is 2. The fourth-order valence-corrected chi connectivity index (χ4v) is 3.26. The zero-order valence-corrected chi connectivity index (χ0v) is 20.4. The Morgan fingerprint density at radius 2 is 1.89 bits per heavy atom. The fourth-order valence-electron chi connectivity index (χ4n) is 3.26. The van der Waals surface area contributed by atoms with Crippen molar-refractivity contribution in [2.75, 3.05) is 11.9 Å². The molecule has 2 atom stereocenters. The van der Waals surface area contributed by atoms with Crippen LogP contribution in [-0.2, 0) is 14.3 Å². The summed E-state index contributed by atoms with van der Waals surface area (Å²) >= 11 is 0. The maximum atomic E-state index is 13.5. The van der Waals surface area contributed by atoms with E-state index in [-0.39, 0.29) is 0 Å². The van der Waals surface area contributed by atoms with E-state index in [2.05, 4.69) is 23.3 Å². The fraction of sp³-hybridized carbons (Fsp3) is 0.296. The molecule has 0 bridgehead atoms. The van der Waals surface area contributed by atoms with E-state index in [0.29, 0.717) is 16.8 Å². The summed E-state index contributed by atoms with van der Waals surface area (Å²) in [5.74, 6) is -1.42. The van der Waals surface area contributed by atoms with E-state index in [1.54, 1.807) is 63.2 Å². The van der Waals surface area contributed by atoms with E-state index in [0.717, 1.165) is 10.5 Å². The number of aliphatic hydroxyl groups excluding tert-OH is 1. The highest BCUT2D eigenvalue weighted by molar-refractivity contribution is 6.00. The molecule has 0 aliphatic heterocycles. The van der Waals surface area contributed by atoms with E-state index in [9.17, 15) is 19.5 Å². The number of alkyl carbamates (subject to hydrolysis) is 1. The number of nitrogens with one attached hydrogen (secondary N) is 2. The van der Waals surface area contributed by atoms with E-state index < -0.39 is 42.2 Å². The number of aryl methyl sites for hydroxylation is 1. The normalized spacial score (nSPS) is 12.5. The van der Waals surface area contributed by atoms with Crippen molar-refractivity contribution in [3.8, 4) is 12.5 Å². The number of ether oxygens (including phenoxy) is 1. The minimum atomic E-state index is -1.43. The molecule has 0 saturated heterocycles. The maximum absolute atomic E-state index is 13.5. The van der Waals surface area contributed by atoms with Gasteiger partial charge in [-0.2, -0.15) is 0 Å². The SMILES string of the molecule is C#CN(C(=O)C(CO)NC(=O)OC(C)(C)C)C(C(=O)Nc1ccccc1C)c1cccc(C=C)c1. The largest absolute Gasteiger partial charge is 0.444 e. The molecule has 0 aliphatic carbocycles.